The third-order valence-electron chi connectivity index (χ3n) is 5.35. The van der Waals surface area contributed by atoms with Crippen LogP contribution in [0.3, 0.4) is 0 Å². The summed E-state index contributed by atoms with van der Waals surface area (Å²) in [4.78, 5) is 12.6. The number of hydrogen-bond donors (Lipinski definition) is 2. The predicted molar refractivity (Wildman–Crippen MR) is 110 cm³/mol. The van der Waals surface area contributed by atoms with Crippen molar-refractivity contribution in [2.45, 2.75) is 58.4 Å². The summed E-state index contributed by atoms with van der Waals surface area (Å²) in [5.41, 5.74) is 1.16. The Hall–Kier alpha value is -1.26. The molecule has 148 valence electrons. The van der Waals surface area contributed by atoms with Crippen molar-refractivity contribution in [2.24, 2.45) is 11.8 Å². The summed E-state index contributed by atoms with van der Waals surface area (Å²) < 4.78 is 5.24. The maximum atomic E-state index is 12.6. The third-order valence-corrected chi connectivity index (χ3v) is 5.35. The molecule has 0 saturated carbocycles. The number of ether oxygens (including phenoxy) is 1. The van der Waals surface area contributed by atoms with Gasteiger partial charge in [-0.25, -0.2) is 0 Å². The van der Waals surface area contributed by atoms with E-state index in [0.717, 1.165) is 43.7 Å². The number of halogens is 1. The van der Waals surface area contributed by atoms with Crippen LogP contribution in [-0.2, 0) is 4.79 Å². The molecule has 1 saturated heterocycles. The van der Waals surface area contributed by atoms with Crippen molar-refractivity contribution >= 4 is 18.3 Å². The van der Waals surface area contributed by atoms with Crippen LogP contribution in [0.2, 0.25) is 0 Å². The second-order valence-electron chi connectivity index (χ2n) is 7.32. The lowest BCUT2D eigenvalue weighted by Gasteiger charge is -2.28. The molecule has 1 heterocycles. The van der Waals surface area contributed by atoms with Crippen LogP contribution in [0, 0.1) is 11.8 Å². The van der Waals surface area contributed by atoms with E-state index in [4.69, 9.17) is 4.74 Å². The van der Waals surface area contributed by atoms with Gasteiger partial charge in [0.05, 0.1) is 13.2 Å². The molecule has 26 heavy (non-hydrogen) atoms. The third kappa shape index (κ3) is 7.16. The summed E-state index contributed by atoms with van der Waals surface area (Å²) in [5.74, 6) is 2.07. The lowest BCUT2D eigenvalue weighted by Crippen LogP contribution is -2.36. The lowest BCUT2D eigenvalue weighted by atomic mass is 9.85. The maximum Gasteiger partial charge on any atom is 0.220 e. The van der Waals surface area contributed by atoms with Gasteiger partial charge in [0.25, 0.3) is 0 Å². The number of nitrogens with one attached hydrogen (secondary N) is 2. The summed E-state index contributed by atoms with van der Waals surface area (Å²) in [6.45, 7) is 6.56. The molecule has 4 nitrogen and oxygen atoms in total. The highest BCUT2D eigenvalue weighted by Gasteiger charge is 2.23. The molecule has 1 aromatic rings. The minimum Gasteiger partial charge on any atom is -0.497 e. The van der Waals surface area contributed by atoms with Crippen LogP contribution in [0.15, 0.2) is 24.3 Å². The molecule has 3 atom stereocenters. The molecule has 5 heteroatoms. The number of rotatable bonds is 9. The van der Waals surface area contributed by atoms with E-state index in [1.807, 2.05) is 12.1 Å². The van der Waals surface area contributed by atoms with Crippen LogP contribution >= 0.6 is 12.4 Å². The fraction of sp³-hybridized carbons (Fsp3) is 0.667. The van der Waals surface area contributed by atoms with Gasteiger partial charge in [-0.2, -0.15) is 0 Å². The first-order valence-corrected chi connectivity index (χ1v) is 9.78. The fourth-order valence-electron chi connectivity index (χ4n) is 3.64. The molecule has 0 bridgehead atoms. The summed E-state index contributed by atoms with van der Waals surface area (Å²) >= 11 is 0. The van der Waals surface area contributed by atoms with Gasteiger partial charge in [-0.3, -0.25) is 4.79 Å². The summed E-state index contributed by atoms with van der Waals surface area (Å²) in [5, 5.41) is 6.73. The van der Waals surface area contributed by atoms with Crippen LogP contribution in [0.5, 0.6) is 5.75 Å². The molecular formula is C21H35ClN2O2. The maximum absolute atomic E-state index is 12.6. The molecule has 0 spiro atoms. The molecule has 2 N–H and O–H groups in total. The normalized spacial score (nSPS) is 19.1. The Bertz CT molecular complexity index is 515. The van der Waals surface area contributed by atoms with Gasteiger partial charge in [0.15, 0.2) is 0 Å². The van der Waals surface area contributed by atoms with E-state index in [1.165, 1.54) is 12.8 Å². The van der Waals surface area contributed by atoms with Gasteiger partial charge in [-0.05, 0) is 61.9 Å². The minimum atomic E-state index is 0. The second-order valence-corrected chi connectivity index (χ2v) is 7.32. The Kier molecular flexibility index (Phi) is 10.7. The number of piperidine rings is 1. The molecule has 0 radical (unpaired) electrons. The summed E-state index contributed by atoms with van der Waals surface area (Å²) in [6, 6.07) is 8.16. The van der Waals surface area contributed by atoms with Gasteiger partial charge >= 0.3 is 0 Å². The topological polar surface area (TPSA) is 50.4 Å². The average Bonchev–Trinajstić information content (AvgIpc) is 2.66. The largest absolute Gasteiger partial charge is 0.497 e. The Morgan fingerprint density at radius 3 is 2.65 bits per heavy atom. The Balaban J connectivity index is 0.00000338. The first-order valence-electron chi connectivity index (χ1n) is 9.78. The molecule has 1 aromatic carbocycles. The van der Waals surface area contributed by atoms with Crippen molar-refractivity contribution in [3.63, 3.8) is 0 Å². The highest BCUT2D eigenvalue weighted by atomic mass is 35.5. The minimum absolute atomic E-state index is 0. The number of amides is 1. The van der Waals surface area contributed by atoms with Gasteiger partial charge in [0.1, 0.15) is 5.75 Å². The zero-order valence-corrected chi connectivity index (χ0v) is 17.2. The van der Waals surface area contributed by atoms with E-state index in [2.05, 4.69) is 36.6 Å². The van der Waals surface area contributed by atoms with Gasteiger partial charge < -0.3 is 15.4 Å². The number of methoxy groups -OCH3 is 1. The quantitative estimate of drug-likeness (QED) is 0.661. The summed E-state index contributed by atoms with van der Waals surface area (Å²) in [6.07, 6.45) is 6.30. The molecule has 0 aromatic heterocycles. The molecule has 1 amide bonds. The van der Waals surface area contributed by atoms with Crippen LogP contribution in [0.25, 0.3) is 0 Å². The molecule has 3 unspecified atom stereocenters. The van der Waals surface area contributed by atoms with Crippen LogP contribution in [0.1, 0.15) is 64.0 Å². The average molecular weight is 383 g/mol. The van der Waals surface area contributed by atoms with Gasteiger partial charge in [0, 0.05) is 6.42 Å². The zero-order valence-electron chi connectivity index (χ0n) is 16.4. The number of unbranched alkanes of at least 4 members (excludes halogenated alkanes) is 1. The SMILES string of the molecule is CCCCC(NC(=O)CC(C)C1CCCNC1)c1ccc(OC)cc1.Cl. The summed E-state index contributed by atoms with van der Waals surface area (Å²) in [7, 11) is 1.67. The fourth-order valence-corrected chi connectivity index (χ4v) is 3.64. The van der Waals surface area contributed by atoms with E-state index < -0.39 is 0 Å². The van der Waals surface area contributed by atoms with E-state index in [0.29, 0.717) is 18.3 Å². The lowest BCUT2D eigenvalue weighted by molar-refractivity contribution is -0.123. The van der Waals surface area contributed by atoms with Crippen molar-refractivity contribution in [1.29, 1.82) is 0 Å². The van der Waals surface area contributed by atoms with Crippen molar-refractivity contribution in [1.82, 2.24) is 10.6 Å². The number of benzene rings is 1. The smallest absolute Gasteiger partial charge is 0.220 e. The number of hydrogen-bond acceptors (Lipinski definition) is 3. The monoisotopic (exact) mass is 382 g/mol. The van der Waals surface area contributed by atoms with Crippen LogP contribution in [-0.4, -0.2) is 26.1 Å². The predicted octanol–water partition coefficient (Wildman–Crippen LogP) is 4.49. The van der Waals surface area contributed by atoms with Crippen molar-refractivity contribution in [3.05, 3.63) is 29.8 Å². The highest BCUT2D eigenvalue weighted by Crippen LogP contribution is 2.25. The van der Waals surface area contributed by atoms with Crippen molar-refractivity contribution in [2.75, 3.05) is 20.2 Å². The van der Waals surface area contributed by atoms with E-state index in [9.17, 15) is 4.79 Å². The standard InChI is InChI=1S/C21H34N2O2.ClH/c1-4-5-8-20(17-9-11-19(25-3)12-10-17)23-21(24)14-16(2)18-7-6-13-22-15-18;/h9-12,16,18,20,22H,4-8,13-15H2,1-3H3,(H,23,24);1H. The Labute approximate surface area is 164 Å². The first-order chi connectivity index (χ1) is 12.1. The van der Waals surface area contributed by atoms with Crippen LogP contribution in [0.4, 0.5) is 0 Å². The Morgan fingerprint density at radius 1 is 1.35 bits per heavy atom. The molecule has 1 aliphatic rings. The molecular weight excluding hydrogens is 348 g/mol. The van der Waals surface area contributed by atoms with E-state index in [-0.39, 0.29) is 24.4 Å². The molecule has 2 rings (SSSR count). The highest BCUT2D eigenvalue weighted by molar-refractivity contribution is 5.85. The first kappa shape index (κ1) is 22.8. The van der Waals surface area contributed by atoms with Crippen molar-refractivity contribution < 1.29 is 9.53 Å². The molecule has 0 aliphatic carbocycles. The zero-order chi connectivity index (χ0) is 18.1. The molecule has 1 fully saturated rings. The second kappa shape index (κ2) is 12.2. The van der Waals surface area contributed by atoms with E-state index >= 15 is 0 Å². The number of carbonyl (C=O) groups excluding carboxylic acids is 1. The van der Waals surface area contributed by atoms with Gasteiger partial charge in [0.2, 0.25) is 5.91 Å². The van der Waals surface area contributed by atoms with Crippen molar-refractivity contribution in [3.8, 4) is 5.75 Å². The van der Waals surface area contributed by atoms with Crippen LogP contribution < -0.4 is 15.4 Å². The van der Waals surface area contributed by atoms with E-state index in [1.54, 1.807) is 7.11 Å². The molecule has 1 aliphatic heterocycles. The van der Waals surface area contributed by atoms with Gasteiger partial charge in [-0.1, -0.05) is 38.8 Å². The Morgan fingerprint density at radius 2 is 2.08 bits per heavy atom. The van der Waals surface area contributed by atoms with Gasteiger partial charge in [-0.15, -0.1) is 12.4 Å². The number of carbonyl (C=O) groups is 1.